The van der Waals surface area contributed by atoms with Gasteiger partial charge < -0.3 is 15.4 Å². The molecular weight excluding hydrogens is 251 g/mol. The van der Waals surface area contributed by atoms with E-state index in [1.807, 2.05) is 0 Å². The maximum Gasteiger partial charge on any atom is 0.328 e. The Morgan fingerprint density at radius 1 is 1.47 bits per heavy atom. The molecule has 0 aliphatic carbocycles. The molecule has 2 rings (SSSR count). The third-order valence-electron chi connectivity index (χ3n) is 3.27. The Bertz CT molecular complexity index is 519. The fraction of sp³-hybridized carbons (Fsp3) is 0.385. The molecule has 1 aromatic carbocycles. The molecule has 1 aliphatic rings. The lowest BCUT2D eigenvalue weighted by molar-refractivity contribution is -0.145. The van der Waals surface area contributed by atoms with E-state index < -0.39 is 23.7 Å². The molecule has 1 aliphatic heterocycles. The Morgan fingerprint density at radius 2 is 2.21 bits per heavy atom. The summed E-state index contributed by atoms with van der Waals surface area (Å²) in [4.78, 5) is 25.3. The van der Waals surface area contributed by atoms with E-state index in [9.17, 15) is 14.0 Å². The zero-order valence-electron chi connectivity index (χ0n) is 10.6. The lowest BCUT2D eigenvalue weighted by atomic mass is 10.1. The first-order valence-corrected chi connectivity index (χ1v) is 5.99. The first-order chi connectivity index (χ1) is 9.06. The van der Waals surface area contributed by atoms with Crippen molar-refractivity contribution >= 4 is 17.6 Å². The van der Waals surface area contributed by atoms with Crippen LogP contribution in [-0.2, 0) is 9.53 Å². The van der Waals surface area contributed by atoms with Crippen LogP contribution in [0.5, 0.6) is 0 Å². The van der Waals surface area contributed by atoms with Gasteiger partial charge in [-0.2, -0.15) is 0 Å². The van der Waals surface area contributed by atoms with Crippen molar-refractivity contribution in [2.45, 2.75) is 18.9 Å². The number of carbonyl (C=O) groups is 2. The van der Waals surface area contributed by atoms with Crippen LogP contribution in [0.15, 0.2) is 18.2 Å². The number of anilines is 1. The Labute approximate surface area is 110 Å². The van der Waals surface area contributed by atoms with Gasteiger partial charge in [-0.05, 0) is 25.0 Å². The number of methoxy groups -OCH3 is 1. The van der Waals surface area contributed by atoms with Crippen LogP contribution in [0.25, 0.3) is 0 Å². The second-order valence-corrected chi connectivity index (χ2v) is 4.38. The van der Waals surface area contributed by atoms with Crippen LogP contribution in [0.2, 0.25) is 0 Å². The Kier molecular flexibility index (Phi) is 3.69. The van der Waals surface area contributed by atoms with Crippen molar-refractivity contribution in [1.82, 2.24) is 4.90 Å². The molecule has 0 bridgehead atoms. The predicted octanol–water partition coefficient (Wildman–Crippen LogP) is 1.19. The van der Waals surface area contributed by atoms with E-state index in [1.54, 1.807) is 0 Å². The number of hydrogen-bond acceptors (Lipinski definition) is 4. The summed E-state index contributed by atoms with van der Waals surface area (Å²) in [5, 5.41) is 0. The number of ether oxygens (including phenoxy) is 1. The Hall–Kier alpha value is -2.11. The van der Waals surface area contributed by atoms with Crippen molar-refractivity contribution in [2.24, 2.45) is 0 Å². The lowest BCUT2D eigenvalue weighted by Crippen LogP contribution is -2.41. The largest absolute Gasteiger partial charge is 0.467 e. The number of carbonyl (C=O) groups excluding carboxylic acids is 2. The van der Waals surface area contributed by atoms with Crippen LogP contribution < -0.4 is 5.73 Å². The quantitative estimate of drug-likeness (QED) is 0.644. The van der Waals surface area contributed by atoms with Crippen molar-refractivity contribution in [2.75, 3.05) is 19.4 Å². The average Bonchev–Trinajstić information content (AvgIpc) is 2.89. The van der Waals surface area contributed by atoms with Crippen molar-refractivity contribution in [3.63, 3.8) is 0 Å². The van der Waals surface area contributed by atoms with E-state index in [0.29, 0.717) is 19.4 Å². The maximum atomic E-state index is 13.4. The van der Waals surface area contributed by atoms with Gasteiger partial charge in [0.05, 0.1) is 18.4 Å². The summed E-state index contributed by atoms with van der Waals surface area (Å²) in [6.07, 6.45) is 1.26. The molecule has 1 atom stereocenters. The molecule has 1 amide bonds. The molecule has 1 saturated heterocycles. The molecule has 1 unspecified atom stereocenters. The minimum absolute atomic E-state index is 0.0794. The number of rotatable bonds is 2. The second-order valence-electron chi connectivity index (χ2n) is 4.38. The van der Waals surface area contributed by atoms with E-state index in [-0.39, 0.29) is 11.3 Å². The van der Waals surface area contributed by atoms with Crippen LogP contribution in [0, 0.1) is 5.82 Å². The molecule has 6 heteroatoms. The molecular formula is C13H15FN2O3. The molecule has 102 valence electrons. The molecule has 1 fully saturated rings. The van der Waals surface area contributed by atoms with Gasteiger partial charge >= 0.3 is 5.97 Å². The number of nitrogens with two attached hydrogens (primary N) is 1. The topological polar surface area (TPSA) is 72.6 Å². The SMILES string of the molecule is COC(=O)C1CCCN1C(=O)c1cccc(F)c1N. The number of nitrogen functional groups attached to an aromatic ring is 1. The van der Waals surface area contributed by atoms with Gasteiger partial charge in [-0.25, -0.2) is 9.18 Å². The van der Waals surface area contributed by atoms with Crippen molar-refractivity contribution < 1.29 is 18.7 Å². The maximum absolute atomic E-state index is 13.4. The molecule has 0 saturated carbocycles. The van der Waals surface area contributed by atoms with E-state index >= 15 is 0 Å². The summed E-state index contributed by atoms with van der Waals surface area (Å²) >= 11 is 0. The number of benzene rings is 1. The third-order valence-corrected chi connectivity index (χ3v) is 3.27. The summed E-state index contributed by atoms with van der Waals surface area (Å²) < 4.78 is 18.0. The highest BCUT2D eigenvalue weighted by Gasteiger charge is 2.36. The summed E-state index contributed by atoms with van der Waals surface area (Å²) in [5.74, 6) is -1.54. The van der Waals surface area contributed by atoms with Gasteiger partial charge in [-0.1, -0.05) is 6.07 Å². The number of para-hydroxylation sites is 1. The van der Waals surface area contributed by atoms with E-state index in [0.717, 1.165) is 0 Å². The minimum Gasteiger partial charge on any atom is -0.467 e. The highest BCUT2D eigenvalue weighted by atomic mass is 19.1. The summed E-state index contributed by atoms with van der Waals surface area (Å²) in [7, 11) is 1.28. The monoisotopic (exact) mass is 266 g/mol. The molecule has 5 nitrogen and oxygen atoms in total. The lowest BCUT2D eigenvalue weighted by Gasteiger charge is -2.23. The number of likely N-dealkylation sites (tertiary alicyclic amines) is 1. The number of nitrogens with zero attached hydrogens (tertiary/aromatic N) is 1. The van der Waals surface area contributed by atoms with Crippen LogP contribution in [0.1, 0.15) is 23.2 Å². The number of amides is 1. The fourth-order valence-corrected chi connectivity index (χ4v) is 2.27. The third kappa shape index (κ3) is 2.38. The van der Waals surface area contributed by atoms with Crippen LogP contribution in [-0.4, -0.2) is 36.5 Å². The summed E-state index contributed by atoms with van der Waals surface area (Å²) in [6, 6.07) is 3.45. The molecule has 0 aromatic heterocycles. The first-order valence-electron chi connectivity index (χ1n) is 5.99. The molecule has 0 spiro atoms. The fourth-order valence-electron chi connectivity index (χ4n) is 2.27. The van der Waals surface area contributed by atoms with Crippen molar-refractivity contribution in [1.29, 1.82) is 0 Å². The first kappa shape index (κ1) is 13.3. The second kappa shape index (κ2) is 5.26. The molecule has 0 radical (unpaired) electrons. The predicted molar refractivity (Wildman–Crippen MR) is 66.9 cm³/mol. The molecule has 2 N–H and O–H groups in total. The highest BCUT2D eigenvalue weighted by molar-refractivity contribution is 6.01. The molecule has 1 aromatic rings. The average molecular weight is 266 g/mol. The number of halogens is 1. The Morgan fingerprint density at radius 3 is 2.89 bits per heavy atom. The van der Waals surface area contributed by atoms with Crippen LogP contribution in [0.4, 0.5) is 10.1 Å². The van der Waals surface area contributed by atoms with Gasteiger partial charge in [0.25, 0.3) is 5.91 Å². The summed E-state index contributed by atoms with van der Waals surface area (Å²) in [6.45, 7) is 0.439. The summed E-state index contributed by atoms with van der Waals surface area (Å²) in [5.41, 5.74) is 5.45. The molecule has 1 heterocycles. The highest BCUT2D eigenvalue weighted by Crippen LogP contribution is 2.24. The molecule has 19 heavy (non-hydrogen) atoms. The van der Waals surface area contributed by atoms with Gasteiger partial charge in [-0.15, -0.1) is 0 Å². The van der Waals surface area contributed by atoms with Gasteiger partial charge in [0.2, 0.25) is 0 Å². The van der Waals surface area contributed by atoms with E-state index in [2.05, 4.69) is 4.74 Å². The van der Waals surface area contributed by atoms with E-state index in [4.69, 9.17) is 5.73 Å². The van der Waals surface area contributed by atoms with Crippen LogP contribution >= 0.6 is 0 Å². The van der Waals surface area contributed by atoms with Gasteiger partial charge in [-0.3, -0.25) is 4.79 Å². The zero-order chi connectivity index (χ0) is 14.0. The number of esters is 1. The van der Waals surface area contributed by atoms with Gasteiger partial charge in [0.15, 0.2) is 0 Å². The standard InChI is InChI=1S/C13H15FN2O3/c1-19-13(18)10-6-3-7-16(10)12(17)8-4-2-5-9(14)11(8)15/h2,4-5,10H,3,6-7,15H2,1H3. The van der Waals surface area contributed by atoms with Crippen LogP contribution in [0.3, 0.4) is 0 Å². The normalized spacial score (nSPS) is 18.4. The zero-order valence-corrected chi connectivity index (χ0v) is 10.6. The smallest absolute Gasteiger partial charge is 0.328 e. The Balaban J connectivity index is 2.28. The van der Waals surface area contributed by atoms with E-state index in [1.165, 1.54) is 30.2 Å². The van der Waals surface area contributed by atoms with Gasteiger partial charge in [0.1, 0.15) is 11.9 Å². The minimum atomic E-state index is -0.639. The van der Waals surface area contributed by atoms with Gasteiger partial charge in [0, 0.05) is 6.54 Å². The van der Waals surface area contributed by atoms with Crippen molar-refractivity contribution in [3.8, 4) is 0 Å². The number of hydrogen-bond donors (Lipinski definition) is 1. The van der Waals surface area contributed by atoms with Crippen molar-refractivity contribution in [3.05, 3.63) is 29.6 Å².